The summed E-state index contributed by atoms with van der Waals surface area (Å²) < 4.78 is 0. The predicted molar refractivity (Wildman–Crippen MR) is 44.3 cm³/mol. The number of hydrogen-bond acceptors (Lipinski definition) is 2. The van der Waals surface area contributed by atoms with Crippen molar-refractivity contribution >= 4 is 5.78 Å². The second kappa shape index (κ2) is 3.68. The van der Waals surface area contributed by atoms with Crippen LogP contribution in [-0.2, 0) is 4.79 Å². The van der Waals surface area contributed by atoms with Crippen LogP contribution in [0.1, 0.15) is 18.4 Å². The van der Waals surface area contributed by atoms with Gasteiger partial charge in [-0.15, -0.1) is 0 Å². The van der Waals surface area contributed by atoms with E-state index >= 15 is 0 Å². The van der Waals surface area contributed by atoms with Crippen molar-refractivity contribution in [2.75, 3.05) is 0 Å². The molecule has 0 bridgehead atoms. The Morgan fingerprint density at radius 2 is 2.42 bits per heavy atom. The minimum Gasteiger partial charge on any atom is -0.298 e. The Bertz CT molecular complexity index is 310. The van der Waals surface area contributed by atoms with E-state index < -0.39 is 5.92 Å². The minimum absolute atomic E-state index is 0.139. The topological polar surface area (TPSA) is 40.9 Å². The van der Waals surface area contributed by atoms with Gasteiger partial charge < -0.3 is 0 Å². The van der Waals surface area contributed by atoms with E-state index in [-0.39, 0.29) is 5.78 Å². The summed E-state index contributed by atoms with van der Waals surface area (Å²) in [4.78, 5) is 10.9. The number of Topliss-reactive ketones (excluding diaryl/α,β-unsaturated/α-hetero) is 1. The van der Waals surface area contributed by atoms with Gasteiger partial charge in [0.05, 0.1) is 6.07 Å². The summed E-state index contributed by atoms with van der Waals surface area (Å²) >= 11 is 0. The van der Waals surface area contributed by atoms with Gasteiger partial charge in [-0.05, 0) is 18.6 Å². The van der Waals surface area contributed by atoms with Crippen LogP contribution in [0, 0.1) is 17.4 Å². The molecule has 1 atom stereocenters. The van der Waals surface area contributed by atoms with E-state index in [0.717, 1.165) is 0 Å². The molecule has 0 aliphatic heterocycles. The van der Waals surface area contributed by atoms with Crippen molar-refractivity contribution in [1.29, 1.82) is 5.26 Å². The minimum atomic E-state index is -0.661. The fourth-order valence-electron chi connectivity index (χ4n) is 0.966. The highest BCUT2D eigenvalue weighted by Crippen LogP contribution is 2.14. The Morgan fingerprint density at radius 3 is 2.83 bits per heavy atom. The number of nitriles is 1. The molecule has 0 amide bonds. The number of benzene rings is 1. The molecule has 1 rings (SSSR count). The average Bonchev–Trinajstić information content (AvgIpc) is 2.07. The molecule has 12 heavy (non-hydrogen) atoms. The second-order valence-electron chi connectivity index (χ2n) is 2.49. The lowest BCUT2D eigenvalue weighted by atomic mass is 9.97. The summed E-state index contributed by atoms with van der Waals surface area (Å²) in [7, 11) is 0. The molecule has 2 heteroatoms. The first kappa shape index (κ1) is 8.48. The van der Waals surface area contributed by atoms with Crippen molar-refractivity contribution in [3.05, 3.63) is 35.9 Å². The number of carbonyl (C=O) groups excluding carboxylic acids is 1. The first-order valence-electron chi connectivity index (χ1n) is 3.62. The molecule has 0 N–H and O–H groups in total. The van der Waals surface area contributed by atoms with Crippen molar-refractivity contribution in [1.82, 2.24) is 0 Å². The molecule has 1 aromatic carbocycles. The van der Waals surface area contributed by atoms with Crippen molar-refractivity contribution in [2.24, 2.45) is 0 Å². The van der Waals surface area contributed by atoms with E-state index in [1.807, 2.05) is 6.07 Å². The van der Waals surface area contributed by atoms with Crippen LogP contribution >= 0.6 is 0 Å². The van der Waals surface area contributed by atoms with Crippen LogP contribution in [0.3, 0.4) is 0 Å². The van der Waals surface area contributed by atoms with Gasteiger partial charge in [-0.1, -0.05) is 24.3 Å². The number of nitrogens with zero attached hydrogens (tertiary/aromatic N) is 1. The molecule has 0 fully saturated rings. The summed E-state index contributed by atoms with van der Waals surface area (Å²) in [6.45, 7) is 1.41. The molecule has 0 aromatic heterocycles. The van der Waals surface area contributed by atoms with Gasteiger partial charge >= 0.3 is 0 Å². The number of hydrogen-bond donors (Lipinski definition) is 0. The zero-order valence-corrected chi connectivity index (χ0v) is 6.74. The molecule has 2 nitrogen and oxygen atoms in total. The van der Waals surface area contributed by atoms with Crippen molar-refractivity contribution in [3.63, 3.8) is 0 Å². The summed E-state index contributed by atoms with van der Waals surface area (Å²) in [6.07, 6.45) is 0. The number of rotatable bonds is 2. The van der Waals surface area contributed by atoms with Gasteiger partial charge in [0.1, 0.15) is 5.92 Å². The van der Waals surface area contributed by atoms with Gasteiger partial charge in [0, 0.05) is 0 Å². The van der Waals surface area contributed by atoms with Crippen LogP contribution in [0.15, 0.2) is 24.3 Å². The molecule has 0 spiro atoms. The third kappa shape index (κ3) is 1.70. The quantitative estimate of drug-likeness (QED) is 0.657. The third-order valence-electron chi connectivity index (χ3n) is 1.58. The fraction of sp³-hybridized carbons (Fsp3) is 0.200. The first-order valence-corrected chi connectivity index (χ1v) is 3.62. The van der Waals surface area contributed by atoms with Gasteiger partial charge in [-0.25, -0.2) is 0 Å². The highest BCUT2D eigenvalue weighted by molar-refractivity contribution is 5.86. The molecule has 0 aliphatic rings. The maximum absolute atomic E-state index is 10.9. The highest BCUT2D eigenvalue weighted by Gasteiger charge is 2.14. The van der Waals surface area contributed by atoms with Crippen LogP contribution in [0.2, 0.25) is 0 Å². The van der Waals surface area contributed by atoms with Crippen LogP contribution in [-0.4, -0.2) is 5.78 Å². The Hall–Kier alpha value is -1.62. The number of carbonyl (C=O) groups is 1. The van der Waals surface area contributed by atoms with E-state index in [2.05, 4.69) is 6.07 Å². The molecule has 59 valence electrons. The summed E-state index contributed by atoms with van der Waals surface area (Å²) in [6, 6.07) is 11.8. The van der Waals surface area contributed by atoms with Crippen LogP contribution in [0.4, 0.5) is 0 Å². The predicted octanol–water partition coefficient (Wildman–Crippen LogP) is 1.68. The third-order valence-corrected chi connectivity index (χ3v) is 1.58. The lowest BCUT2D eigenvalue weighted by Gasteiger charge is -2.02. The molecule has 1 radical (unpaired) electrons. The maximum atomic E-state index is 10.9. The largest absolute Gasteiger partial charge is 0.298 e. The number of ketones is 1. The van der Waals surface area contributed by atoms with Crippen molar-refractivity contribution in [2.45, 2.75) is 12.8 Å². The van der Waals surface area contributed by atoms with Crippen LogP contribution < -0.4 is 0 Å². The molecule has 1 aromatic rings. The Balaban J connectivity index is 2.98. The van der Waals surface area contributed by atoms with Gasteiger partial charge in [0.25, 0.3) is 0 Å². The van der Waals surface area contributed by atoms with E-state index in [1.165, 1.54) is 6.92 Å². The zero-order valence-electron chi connectivity index (χ0n) is 6.74. The van der Waals surface area contributed by atoms with Crippen LogP contribution in [0.5, 0.6) is 0 Å². The standard InChI is InChI=1S/C10H8NO/c1-8(12)10(7-11)9-5-3-2-4-6-9/h2-5,10H,1H3. The molecular weight excluding hydrogens is 150 g/mol. The van der Waals surface area contributed by atoms with Gasteiger partial charge in [0.2, 0.25) is 0 Å². The zero-order chi connectivity index (χ0) is 8.97. The van der Waals surface area contributed by atoms with Crippen molar-refractivity contribution < 1.29 is 4.79 Å². The average molecular weight is 158 g/mol. The van der Waals surface area contributed by atoms with E-state index in [4.69, 9.17) is 5.26 Å². The van der Waals surface area contributed by atoms with Crippen LogP contribution in [0.25, 0.3) is 0 Å². The smallest absolute Gasteiger partial charge is 0.151 e. The highest BCUT2D eigenvalue weighted by atomic mass is 16.1. The Kier molecular flexibility index (Phi) is 2.60. The normalized spacial score (nSPS) is 11.7. The van der Waals surface area contributed by atoms with Crippen molar-refractivity contribution in [3.8, 4) is 6.07 Å². The fourth-order valence-corrected chi connectivity index (χ4v) is 0.966. The van der Waals surface area contributed by atoms with Gasteiger partial charge in [-0.3, -0.25) is 4.79 Å². The summed E-state index contributed by atoms with van der Waals surface area (Å²) in [5, 5.41) is 8.66. The lowest BCUT2D eigenvalue weighted by molar-refractivity contribution is -0.117. The monoisotopic (exact) mass is 158 g/mol. The first-order chi connectivity index (χ1) is 5.75. The molecule has 0 saturated heterocycles. The van der Waals surface area contributed by atoms with Gasteiger partial charge in [0.15, 0.2) is 5.78 Å². The van der Waals surface area contributed by atoms with E-state index in [0.29, 0.717) is 5.56 Å². The van der Waals surface area contributed by atoms with E-state index in [1.54, 1.807) is 24.3 Å². The molecular formula is C10H8NO. The summed E-state index contributed by atoms with van der Waals surface area (Å²) in [5.74, 6) is -0.800. The maximum Gasteiger partial charge on any atom is 0.151 e. The molecule has 0 saturated carbocycles. The van der Waals surface area contributed by atoms with E-state index in [9.17, 15) is 4.79 Å². The lowest BCUT2D eigenvalue weighted by Crippen LogP contribution is -2.05. The summed E-state index contributed by atoms with van der Waals surface area (Å²) in [5.41, 5.74) is 0.646. The Labute approximate surface area is 71.4 Å². The van der Waals surface area contributed by atoms with Gasteiger partial charge in [-0.2, -0.15) is 5.26 Å². The molecule has 0 heterocycles. The molecule has 0 aliphatic carbocycles. The Morgan fingerprint density at radius 1 is 1.67 bits per heavy atom. The molecule has 1 unspecified atom stereocenters. The SMILES string of the molecule is CC(=O)C(C#N)c1[c]cccc1. The second-order valence-corrected chi connectivity index (χ2v) is 2.49.